The molecule has 0 bridgehead atoms. The molecule has 1 aliphatic heterocycles. The van der Waals surface area contributed by atoms with E-state index in [1.54, 1.807) is 0 Å². The fourth-order valence-corrected chi connectivity index (χ4v) is 9.73. The first-order valence-corrected chi connectivity index (χ1v) is 13.6. The van der Waals surface area contributed by atoms with Crippen molar-refractivity contribution in [1.29, 1.82) is 0 Å². The molecule has 5 rings (SSSR count). The summed E-state index contributed by atoms with van der Waals surface area (Å²) < 4.78 is 5.45. The summed E-state index contributed by atoms with van der Waals surface area (Å²) >= 11 is 0. The van der Waals surface area contributed by atoms with Gasteiger partial charge in [0, 0.05) is 5.57 Å². The van der Waals surface area contributed by atoms with E-state index in [1.165, 1.54) is 63.4 Å². The maximum Gasteiger partial charge on any atom is 0.334 e. The number of hydrogen-bond acceptors (Lipinski definition) is 2. The Hall–Kier alpha value is -0.790. The maximum atomic E-state index is 12.2. The van der Waals surface area contributed by atoms with E-state index in [4.69, 9.17) is 4.74 Å². The fourth-order valence-electron chi connectivity index (χ4n) is 9.73. The van der Waals surface area contributed by atoms with Gasteiger partial charge in [-0.3, -0.25) is 0 Å². The minimum Gasteiger partial charge on any atom is -0.458 e. The Balaban J connectivity index is 1.32. The van der Waals surface area contributed by atoms with Gasteiger partial charge < -0.3 is 4.74 Å². The van der Waals surface area contributed by atoms with Gasteiger partial charge in [0.25, 0.3) is 0 Å². The first-order chi connectivity index (χ1) is 14.7. The quantitative estimate of drug-likeness (QED) is 0.424. The number of carbonyl (C=O) groups excluding carboxylic acids is 1. The third kappa shape index (κ3) is 3.45. The molecule has 5 aliphatic rings. The minimum absolute atomic E-state index is 0.000446. The standard InChI is InChI=1S/C29H46O2/c1-18(2)7-6-8-19(3)24-11-12-25-22-10-9-21-15-23-20(17-31-27(23)30)16-29(21,5)26(22)13-14-28(24,25)4/h18-19,21-22,24-26H,6-17H2,1-5H3/t19-,21+,22+,24-,25+,26+,28-,29+/m1/s1. The number of fused-ring (bicyclic) bond motifs is 5. The lowest BCUT2D eigenvalue weighted by molar-refractivity contribution is -0.136. The highest BCUT2D eigenvalue weighted by molar-refractivity contribution is 5.92. The van der Waals surface area contributed by atoms with Gasteiger partial charge in [0.15, 0.2) is 0 Å². The van der Waals surface area contributed by atoms with Crippen molar-refractivity contribution >= 4 is 5.97 Å². The van der Waals surface area contributed by atoms with Gasteiger partial charge in [0.2, 0.25) is 0 Å². The first kappa shape index (κ1) is 22.0. The van der Waals surface area contributed by atoms with Crippen molar-refractivity contribution < 1.29 is 9.53 Å². The van der Waals surface area contributed by atoms with Crippen molar-refractivity contribution in [3.63, 3.8) is 0 Å². The van der Waals surface area contributed by atoms with E-state index in [0.29, 0.717) is 23.4 Å². The van der Waals surface area contributed by atoms with E-state index in [0.717, 1.165) is 53.9 Å². The maximum absolute atomic E-state index is 12.2. The van der Waals surface area contributed by atoms with Crippen LogP contribution in [0.25, 0.3) is 0 Å². The van der Waals surface area contributed by atoms with Crippen LogP contribution in [0, 0.1) is 52.3 Å². The molecule has 3 fully saturated rings. The van der Waals surface area contributed by atoms with E-state index < -0.39 is 0 Å². The average molecular weight is 427 g/mol. The Bertz CT molecular complexity index is 750. The molecule has 4 aliphatic carbocycles. The van der Waals surface area contributed by atoms with E-state index in [2.05, 4.69) is 34.6 Å². The molecule has 3 saturated carbocycles. The highest BCUT2D eigenvalue weighted by atomic mass is 16.5. The van der Waals surface area contributed by atoms with Crippen LogP contribution in [-0.4, -0.2) is 12.6 Å². The molecule has 0 N–H and O–H groups in total. The Kier molecular flexibility index (Phi) is 5.62. The number of hydrogen-bond donors (Lipinski definition) is 0. The number of esters is 1. The van der Waals surface area contributed by atoms with E-state index in [1.807, 2.05) is 0 Å². The smallest absolute Gasteiger partial charge is 0.334 e. The van der Waals surface area contributed by atoms with Crippen molar-refractivity contribution in [2.45, 2.75) is 105 Å². The molecular formula is C29H46O2. The zero-order valence-electron chi connectivity index (χ0n) is 20.8. The average Bonchev–Trinajstić information content (AvgIpc) is 3.25. The molecule has 0 aromatic rings. The van der Waals surface area contributed by atoms with Crippen LogP contribution in [0.2, 0.25) is 0 Å². The lowest BCUT2D eigenvalue weighted by Crippen LogP contribution is -2.53. The lowest BCUT2D eigenvalue weighted by atomic mass is 9.44. The normalized spacial score (nSPS) is 45.1. The second-order valence-electron chi connectivity index (χ2n) is 13.2. The summed E-state index contributed by atoms with van der Waals surface area (Å²) in [5.74, 6) is 6.11. The summed E-state index contributed by atoms with van der Waals surface area (Å²) in [5, 5.41) is 0. The molecule has 0 spiro atoms. The molecule has 0 amide bonds. The van der Waals surface area contributed by atoms with Gasteiger partial charge in [0.05, 0.1) is 0 Å². The van der Waals surface area contributed by atoms with Gasteiger partial charge in [-0.2, -0.15) is 0 Å². The zero-order chi connectivity index (χ0) is 22.0. The van der Waals surface area contributed by atoms with E-state index >= 15 is 0 Å². The predicted octanol–water partition coefficient (Wildman–Crippen LogP) is 7.57. The molecule has 0 aromatic carbocycles. The summed E-state index contributed by atoms with van der Waals surface area (Å²) in [5.41, 5.74) is 3.41. The second-order valence-corrected chi connectivity index (χ2v) is 13.2. The topological polar surface area (TPSA) is 26.3 Å². The van der Waals surface area contributed by atoms with E-state index in [-0.39, 0.29) is 5.97 Å². The summed E-state index contributed by atoms with van der Waals surface area (Å²) in [4.78, 5) is 12.2. The molecule has 2 heteroatoms. The van der Waals surface area contributed by atoms with Crippen LogP contribution in [0.15, 0.2) is 11.1 Å². The molecule has 1 heterocycles. The van der Waals surface area contributed by atoms with Gasteiger partial charge >= 0.3 is 5.97 Å². The third-order valence-corrected chi connectivity index (χ3v) is 11.4. The third-order valence-electron chi connectivity index (χ3n) is 11.4. The van der Waals surface area contributed by atoms with Gasteiger partial charge in [-0.15, -0.1) is 0 Å². The molecule has 174 valence electrons. The van der Waals surface area contributed by atoms with Gasteiger partial charge in [0.1, 0.15) is 6.61 Å². The molecular weight excluding hydrogens is 380 g/mol. The largest absolute Gasteiger partial charge is 0.458 e. The molecule has 8 atom stereocenters. The van der Waals surface area contributed by atoms with Gasteiger partial charge in [-0.1, -0.05) is 53.9 Å². The number of carbonyl (C=O) groups is 1. The van der Waals surface area contributed by atoms with Crippen molar-refractivity contribution in [3.8, 4) is 0 Å². The molecule has 0 unspecified atom stereocenters. The zero-order valence-corrected chi connectivity index (χ0v) is 20.8. The van der Waals surface area contributed by atoms with Crippen LogP contribution in [0.4, 0.5) is 0 Å². The first-order valence-electron chi connectivity index (χ1n) is 13.6. The number of ether oxygens (including phenoxy) is 1. The Morgan fingerprint density at radius 2 is 1.74 bits per heavy atom. The summed E-state index contributed by atoms with van der Waals surface area (Å²) in [6.07, 6.45) is 15.0. The van der Waals surface area contributed by atoms with Gasteiger partial charge in [-0.25, -0.2) is 4.79 Å². The number of rotatable bonds is 5. The Morgan fingerprint density at radius 1 is 0.968 bits per heavy atom. The van der Waals surface area contributed by atoms with Crippen molar-refractivity contribution in [2.75, 3.05) is 6.61 Å². The van der Waals surface area contributed by atoms with Crippen molar-refractivity contribution in [1.82, 2.24) is 0 Å². The Labute approximate surface area is 191 Å². The summed E-state index contributed by atoms with van der Waals surface area (Å²) in [6.45, 7) is 13.2. The van der Waals surface area contributed by atoms with Crippen LogP contribution in [0.1, 0.15) is 105 Å². The number of cyclic esters (lactones) is 1. The summed E-state index contributed by atoms with van der Waals surface area (Å²) in [7, 11) is 0. The molecule has 0 radical (unpaired) electrons. The van der Waals surface area contributed by atoms with Crippen LogP contribution in [-0.2, 0) is 9.53 Å². The van der Waals surface area contributed by atoms with Crippen molar-refractivity contribution in [3.05, 3.63) is 11.1 Å². The minimum atomic E-state index is 0.000446. The van der Waals surface area contributed by atoms with Crippen LogP contribution in [0.5, 0.6) is 0 Å². The second kappa shape index (κ2) is 7.91. The highest BCUT2D eigenvalue weighted by Gasteiger charge is 2.61. The molecule has 31 heavy (non-hydrogen) atoms. The predicted molar refractivity (Wildman–Crippen MR) is 126 cm³/mol. The van der Waals surface area contributed by atoms with Crippen LogP contribution < -0.4 is 0 Å². The SMILES string of the molecule is CC(C)CCC[C@@H](C)[C@H]1CC[C@H]2[C@@H]3CC[C@H]4CC5=C(COC5=O)C[C@]4(C)[C@H]3CC[C@]12C. The molecule has 0 saturated heterocycles. The highest BCUT2D eigenvalue weighted by Crippen LogP contribution is 2.69. The fraction of sp³-hybridized carbons (Fsp3) is 0.897. The molecule has 2 nitrogen and oxygen atoms in total. The monoisotopic (exact) mass is 426 g/mol. The Morgan fingerprint density at radius 3 is 2.52 bits per heavy atom. The van der Waals surface area contributed by atoms with Gasteiger partial charge in [-0.05, 0) is 109 Å². The molecule has 0 aromatic heterocycles. The lowest BCUT2D eigenvalue weighted by Gasteiger charge is -2.60. The van der Waals surface area contributed by atoms with Crippen LogP contribution >= 0.6 is 0 Å². The summed E-state index contributed by atoms with van der Waals surface area (Å²) in [6, 6.07) is 0. The van der Waals surface area contributed by atoms with E-state index in [9.17, 15) is 4.79 Å². The van der Waals surface area contributed by atoms with Crippen molar-refractivity contribution in [2.24, 2.45) is 52.3 Å². The van der Waals surface area contributed by atoms with Crippen LogP contribution in [0.3, 0.4) is 0 Å².